The number of esters is 3. The Morgan fingerprint density at radius 2 is 0.675 bits per heavy atom. The lowest BCUT2D eigenvalue weighted by atomic mass is 9.49. The SMILES string of the molecule is COC(=O)CC1CC2(C1)CC(Nc1cc(-c3ccc4cc(C#N)cnn34)ncc1C(=O)NC[C@@H](F)C(C)(C)O)C2.COC(=O)CC1CC2(C1)CC(Nc1cc(-c3ccc4cc(C#N)cnn34)ncc1C(=O)NC[C@@H](F)C(C)(C)O)C2.COC(=O)CC1CC2(C1)CC(Nc1cc(-c3ccc4cc(C#N)cnn34)ncc1C(=O)NC[C@@H](F)C(C)(C)O)C2. The highest BCUT2D eigenvalue weighted by atomic mass is 19.1. The van der Waals surface area contributed by atoms with E-state index in [0.29, 0.717) is 105 Å². The van der Waals surface area contributed by atoms with Crippen molar-refractivity contribution >= 4 is 69.2 Å². The van der Waals surface area contributed by atoms with Crippen LogP contribution in [0.2, 0.25) is 0 Å². The number of fused-ring (bicyclic) bond motifs is 3. The average molecular weight is 1650 g/mol. The fourth-order valence-corrected chi connectivity index (χ4v) is 17.8. The zero-order valence-electron chi connectivity index (χ0n) is 68.3. The lowest BCUT2D eigenvalue weighted by Gasteiger charge is -2.58. The fraction of sp³-hybridized carbons (Fsp3) is 0.483. The van der Waals surface area contributed by atoms with Gasteiger partial charge in [-0.2, -0.15) is 31.1 Å². The summed E-state index contributed by atoms with van der Waals surface area (Å²) in [6, 6.07) is 28.2. The Kier molecular flexibility index (Phi) is 24.8. The third-order valence-electron chi connectivity index (χ3n) is 24.3. The van der Waals surface area contributed by atoms with Crippen molar-refractivity contribution in [3.8, 4) is 52.4 Å². The summed E-state index contributed by atoms with van der Waals surface area (Å²) in [5.41, 5.74) is 5.72. The molecule has 630 valence electrons. The van der Waals surface area contributed by atoms with Crippen molar-refractivity contribution in [1.29, 1.82) is 15.8 Å². The number of rotatable bonds is 27. The molecule has 3 spiro atoms. The molecule has 0 radical (unpaired) electrons. The number of carbonyl (C=O) groups is 6. The minimum atomic E-state index is -1.64. The van der Waals surface area contributed by atoms with Crippen LogP contribution in [0.3, 0.4) is 0 Å². The van der Waals surface area contributed by atoms with Crippen molar-refractivity contribution in [2.75, 3.05) is 56.9 Å². The quantitative estimate of drug-likeness (QED) is 0.0171. The summed E-state index contributed by atoms with van der Waals surface area (Å²) in [6.45, 7) is 7.09. The molecule has 9 aromatic rings. The molecule has 6 aliphatic rings. The van der Waals surface area contributed by atoms with Gasteiger partial charge in [0.25, 0.3) is 17.7 Å². The molecule has 3 atom stereocenters. The van der Waals surface area contributed by atoms with Gasteiger partial charge in [-0.1, -0.05) is 0 Å². The van der Waals surface area contributed by atoms with E-state index in [-0.39, 0.29) is 88.6 Å². The highest BCUT2D eigenvalue weighted by molar-refractivity contribution is 6.02. The molecular weight excluding hydrogens is 1550 g/mol. The number of carbonyl (C=O) groups excluding carboxylic acids is 6. The molecule has 6 aliphatic carbocycles. The number of pyridine rings is 3. The Labute approximate surface area is 691 Å². The largest absolute Gasteiger partial charge is 0.469 e. The standard InChI is InChI=1S/3C29H33FN6O4/c3*1-28(2,39)25(30)16-33-27(38)21-15-32-23(24-5-4-20-6-18(13-31)14-34-36(20)24)8-22(21)35-19-11-29(12-19)9-17(10-29)7-26(37)40-3/h3*4-6,8,14-15,17,19,25,39H,7,9-12,16H2,1-3H3,(H,32,35)(H,33,38)/t3*17?,19?,25-,29?/m111/s1. The normalized spacial score (nSPS) is 22.6. The number of nitrogens with zero attached hydrogens (tertiary/aromatic N) is 12. The maximum absolute atomic E-state index is 14.3. The molecule has 6 fully saturated rings. The predicted molar refractivity (Wildman–Crippen MR) is 435 cm³/mol. The number of ether oxygens (including phenoxy) is 3. The molecule has 0 aliphatic heterocycles. The highest BCUT2D eigenvalue weighted by Crippen LogP contribution is 2.62. The van der Waals surface area contributed by atoms with Crippen LogP contribution in [-0.2, 0) is 28.6 Å². The predicted octanol–water partition coefficient (Wildman–Crippen LogP) is 10.9. The van der Waals surface area contributed by atoms with Crippen molar-refractivity contribution < 1.29 is 71.5 Å². The van der Waals surface area contributed by atoms with Crippen LogP contribution in [-0.4, -0.2) is 189 Å². The van der Waals surface area contributed by atoms with E-state index in [1.54, 1.807) is 49.9 Å². The Morgan fingerprint density at radius 3 is 0.900 bits per heavy atom. The van der Waals surface area contributed by atoms with Crippen LogP contribution in [0.15, 0.2) is 110 Å². The average Bonchev–Trinajstić information content (AvgIpc) is 1.42. The topological polar surface area (TPSA) is 425 Å². The van der Waals surface area contributed by atoms with E-state index in [1.165, 1.54) is 100 Å². The van der Waals surface area contributed by atoms with Gasteiger partial charge in [-0.25, -0.2) is 26.7 Å². The molecule has 33 heteroatoms. The van der Waals surface area contributed by atoms with E-state index in [0.717, 1.165) is 93.6 Å². The lowest BCUT2D eigenvalue weighted by Crippen LogP contribution is -2.53. The van der Waals surface area contributed by atoms with Crippen LogP contribution in [0.4, 0.5) is 30.2 Å². The van der Waals surface area contributed by atoms with Gasteiger partial charge in [-0.3, -0.25) is 43.7 Å². The molecule has 9 heterocycles. The number of methoxy groups -OCH3 is 3. The highest BCUT2D eigenvalue weighted by Gasteiger charge is 2.56. The molecule has 3 amide bonds. The first kappa shape index (κ1) is 85.8. The number of anilines is 3. The zero-order chi connectivity index (χ0) is 86.0. The van der Waals surface area contributed by atoms with Crippen molar-refractivity contribution in [3.05, 3.63) is 143 Å². The Balaban J connectivity index is 0.000000156. The number of aliphatic hydroxyl groups is 3. The summed E-state index contributed by atoms with van der Waals surface area (Å²) in [7, 11) is 4.22. The number of hydrogen-bond donors (Lipinski definition) is 9. The molecule has 9 aromatic heterocycles. The van der Waals surface area contributed by atoms with Gasteiger partial charge in [0.1, 0.15) is 36.7 Å². The first-order valence-electron chi connectivity index (χ1n) is 40.1. The van der Waals surface area contributed by atoms with Crippen molar-refractivity contribution in [2.45, 2.75) is 191 Å². The number of alkyl halides is 3. The Hall–Kier alpha value is -12.1. The van der Waals surface area contributed by atoms with Crippen LogP contribution < -0.4 is 31.9 Å². The smallest absolute Gasteiger partial charge is 0.305 e. The van der Waals surface area contributed by atoms with Crippen LogP contribution >= 0.6 is 0 Å². The second-order valence-electron chi connectivity index (χ2n) is 35.0. The van der Waals surface area contributed by atoms with E-state index in [9.17, 15) is 73.0 Å². The summed E-state index contributed by atoms with van der Waals surface area (Å²) in [6.07, 6.45) is 16.6. The lowest BCUT2D eigenvalue weighted by molar-refractivity contribution is -0.146. The van der Waals surface area contributed by atoms with Crippen LogP contribution in [0.25, 0.3) is 50.7 Å². The van der Waals surface area contributed by atoms with E-state index in [4.69, 9.17) is 14.2 Å². The van der Waals surface area contributed by atoms with Crippen molar-refractivity contribution in [2.24, 2.45) is 34.0 Å². The molecule has 120 heavy (non-hydrogen) atoms. The number of halogens is 3. The molecule has 0 bridgehead atoms. The summed E-state index contributed by atoms with van der Waals surface area (Å²) in [5, 5.41) is 88.5. The van der Waals surface area contributed by atoms with Crippen LogP contribution in [0.1, 0.15) is 186 Å². The fourth-order valence-electron chi connectivity index (χ4n) is 17.8. The third kappa shape index (κ3) is 19.3. The first-order valence-corrected chi connectivity index (χ1v) is 40.1. The van der Waals surface area contributed by atoms with Gasteiger partial charge in [-0.05, 0) is 225 Å². The van der Waals surface area contributed by atoms with Gasteiger partial charge in [0.2, 0.25) is 0 Å². The van der Waals surface area contributed by atoms with Gasteiger partial charge < -0.3 is 61.4 Å². The third-order valence-corrected chi connectivity index (χ3v) is 24.3. The zero-order valence-corrected chi connectivity index (χ0v) is 68.3. The van der Waals surface area contributed by atoms with E-state index in [1.807, 2.05) is 36.4 Å². The number of amides is 3. The summed E-state index contributed by atoms with van der Waals surface area (Å²) >= 11 is 0. The second kappa shape index (κ2) is 34.7. The van der Waals surface area contributed by atoms with Crippen molar-refractivity contribution in [1.82, 2.24) is 59.7 Å². The van der Waals surface area contributed by atoms with E-state index >= 15 is 0 Å². The van der Waals surface area contributed by atoms with Gasteiger partial charge in [0, 0.05) is 56.0 Å². The maximum atomic E-state index is 14.3. The monoisotopic (exact) mass is 1640 g/mol. The number of nitriles is 3. The molecule has 6 saturated carbocycles. The van der Waals surface area contributed by atoms with Crippen molar-refractivity contribution in [3.63, 3.8) is 0 Å². The maximum Gasteiger partial charge on any atom is 0.305 e. The minimum Gasteiger partial charge on any atom is -0.469 e. The van der Waals surface area contributed by atoms with Gasteiger partial charge in [0.05, 0.1) is 178 Å². The molecule has 15 rings (SSSR count). The first-order chi connectivity index (χ1) is 57.0. The van der Waals surface area contributed by atoms with E-state index < -0.39 is 53.0 Å². The summed E-state index contributed by atoms with van der Waals surface area (Å²) < 4.78 is 62.4. The second-order valence-corrected chi connectivity index (χ2v) is 35.0. The number of nitrogens with one attached hydrogen (secondary N) is 6. The molecule has 0 aromatic carbocycles. The Morgan fingerprint density at radius 1 is 0.425 bits per heavy atom. The van der Waals surface area contributed by atoms with Crippen LogP contribution in [0, 0.1) is 68.0 Å². The molecule has 0 unspecified atom stereocenters. The number of hydrogen-bond acceptors (Lipinski definition) is 24. The molecule has 9 N–H and O–H groups in total. The van der Waals surface area contributed by atoms with Gasteiger partial charge >= 0.3 is 17.9 Å². The summed E-state index contributed by atoms with van der Waals surface area (Å²) in [5.74, 6) is -0.973. The molecule has 0 saturated heterocycles. The van der Waals surface area contributed by atoms with E-state index in [2.05, 4.69) is 80.4 Å². The molecule has 30 nitrogen and oxygen atoms in total. The molecular formula is C87H99F3N18O12. The van der Waals surface area contributed by atoms with Crippen LogP contribution in [0.5, 0.6) is 0 Å². The minimum absolute atomic E-state index is 0.131. The Bertz CT molecular complexity index is 4960. The van der Waals surface area contributed by atoms with Gasteiger partial charge in [0.15, 0.2) is 0 Å². The summed E-state index contributed by atoms with van der Waals surface area (Å²) in [4.78, 5) is 87.6. The van der Waals surface area contributed by atoms with Gasteiger partial charge in [-0.15, -0.1) is 0 Å². The number of aromatic nitrogens is 9.